The van der Waals surface area contributed by atoms with Crippen molar-refractivity contribution in [2.75, 3.05) is 6.79 Å². The molecule has 0 fully saturated rings. The quantitative estimate of drug-likeness (QED) is 0.903. The van der Waals surface area contributed by atoms with Crippen LogP contribution in [0.5, 0.6) is 11.5 Å². The molecule has 2 aromatic carbocycles. The molecule has 0 saturated carbocycles. The molecule has 0 spiro atoms. The Morgan fingerprint density at radius 1 is 1.15 bits per heavy atom. The van der Waals surface area contributed by atoms with Crippen molar-refractivity contribution in [2.45, 2.75) is 38.8 Å². The molecule has 6 nitrogen and oxygen atoms in total. The van der Waals surface area contributed by atoms with Crippen LogP contribution in [0.25, 0.3) is 0 Å². The molecule has 0 radical (unpaired) electrons. The van der Waals surface area contributed by atoms with Gasteiger partial charge in [0.2, 0.25) is 12.7 Å². The molecule has 2 aromatic rings. The molecule has 1 amide bonds. The maximum Gasteiger partial charge on any atom is 0.245 e. The lowest BCUT2D eigenvalue weighted by Gasteiger charge is -2.31. The normalized spacial score (nSPS) is 20.7. The number of aliphatic hydroxyl groups is 1. The molecule has 140 valence electrons. The number of ether oxygens (including phenoxy) is 2. The summed E-state index contributed by atoms with van der Waals surface area (Å²) in [5, 5.41) is 16.8. The predicted molar refractivity (Wildman–Crippen MR) is 101 cm³/mol. The van der Waals surface area contributed by atoms with E-state index in [9.17, 15) is 9.90 Å². The van der Waals surface area contributed by atoms with Gasteiger partial charge in [-0.3, -0.25) is 4.79 Å². The molecule has 0 bridgehead atoms. The van der Waals surface area contributed by atoms with E-state index < -0.39 is 5.72 Å². The Kier molecular flexibility index (Phi) is 4.36. The van der Waals surface area contributed by atoms with Crippen LogP contribution in [-0.2, 0) is 16.9 Å². The molecule has 2 heterocycles. The minimum absolute atomic E-state index is 0.215. The molecular formula is C21H22N2O4. The summed E-state index contributed by atoms with van der Waals surface area (Å²) < 4.78 is 10.7. The van der Waals surface area contributed by atoms with Crippen LogP contribution in [0.3, 0.4) is 0 Å². The average molecular weight is 366 g/mol. The molecule has 27 heavy (non-hydrogen) atoms. The third kappa shape index (κ3) is 3.28. The molecular weight excluding hydrogens is 344 g/mol. The zero-order valence-electron chi connectivity index (χ0n) is 15.4. The zero-order chi connectivity index (χ0) is 19.0. The van der Waals surface area contributed by atoms with E-state index >= 15 is 0 Å². The van der Waals surface area contributed by atoms with E-state index in [1.165, 1.54) is 5.01 Å². The molecule has 2 aliphatic rings. The van der Waals surface area contributed by atoms with Crippen molar-refractivity contribution >= 4 is 11.6 Å². The van der Waals surface area contributed by atoms with E-state index in [2.05, 4.69) is 5.10 Å². The van der Waals surface area contributed by atoms with Crippen LogP contribution in [0.1, 0.15) is 36.5 Å². The molecule has 0 aliphatic carbocycles. The summed E-state index contributed by atoms with van der Waals surface area (Å²) in [5.41, 5.74) is 2.05. The smallest absolute Gasteiger partial charge is 0.245 e. The van der Waals surface area contributed by atoms with Gasteiger partial charge >= 0.3 is 0 Å². The van der Waals surface area contributed by atoms with E-state index in [1.807, 2.05) is 56.3 Å². The van der Waals surface area contributed by atoms with Gasteiger partial charge in [-0.1, -0.05) is 35.9 Å². The van der Waals surface area contributed by atoms with Gasteiger partial charge < -0.3 is 14.6 Å². The van der Waals surface area contributed by atoms with Gasteiger partial charge in [0, 0.05) is 24.1 Å². The highest BCUT2D eigenvalue weighted by Gasteiger charge is 2.44. The first-order valence-electron chi connectivity index (χ1n) is 9.01. The summed E-state index contributed by atoms with van der Waals surface area (Å²) in [7, 11) is 0. The van der Waals surface area contributed by atoms with Gasteiger partial charge in [-0.2, -0.15) is 10.1 Å². The van der Waals surface area contributed by atoms with Gasteiger partial charge in [0.15, 0.2) is 17.2 Å². The molecule has 6 heteroatoms. The Morgan fingerprint density at radius 2 is 1.89 bits per heavy atom. The van der Waals surface area contributed by atoms with Crippen molar-refractivity contribution in [2.24, 2.45) is 5.10 Å². The lowest BCUT2D eigenvalue weighted by atomic mass is 9.96. The average Bonchev–Trinajstić information content (AvgIpc) is 3.24. The second kappa shape index (κ2) is 6.70. The summed E-state index contributed by atoms with van der Waals surface area (Å²) in [6.07, 6.45) is 1.08. The largest absolute Gasteiger partial charge is 0.454 e. The van der Waals surface area contributed by atoms with Crippen molar-refractivity contribution in [3.05, 3.63) is 59.2 Å². The lowest BCUT2D eigenvalue weighted by Crippen LogP contribution is -2.43. The first-order chi connectivity index (χ1) is 13.0. The highest BCUT2D eigenvalue weighted by molar-refractivity contribution is 5.89. The number of fused-ring (bicyclic) bond motifs is 1. The number of rotatable bonds is 4. The van der Waals surface area contributed by atoms with Crippen molar-refractivity contribution < 1.29 is 19.4 Å². The Balaban J connectivity index is 1.50. The highest BCUT2D eigenvalue weighted by atomic mass is 16.7. The summed E-state index contributed by atoms with van der Waals surface area (Å²) in [6, 6.07) is 13.2. The van der Waals surface area contributed by atoms with E-state index in [1.54, 1.807) is 0 Å². The van der Waals surface area contributed by atoms with Crippen molar-refractivity contribution in [3.63, 3.8) is 0 Å². The van der Waals surface area contributed by atoms with Crippen molar-refractivity contribution in [1.29, 1.82) is 0 Å². The second-order valence-electron chi connectivity index (χ2n) is 7.09. The standard InChI is InChI=1S/C21H22N2O4/c1-14-3-7-17(8-4-14)21(25)12-15(2)22-23(21)20(24)10-6-16-5-9-18-19(11-16)27-13-26-18/h3-5,7-9,11,25H,6,10,12-13H2,1-2H3/t21-/m1/s1. The zero-order valence-corrected chi connectivity index (χ0v) is 15.4. The molecule has 1 atom stereocenters. The fourth-order valence-corrected chi connectivity index (χ4v) is 3.48. The van der Waals surface area contributed by atoms with E-state index in [-0.39, 0.29) is 19.1 Å². The van der Waals surface area contributed by atoms with Crippen LogP contribution < -0.4 is 9.47 Å². The number of hydrogen-bond donors (Lipinski definition) is 1. The number of nitrogens with zero attached hydrogens (tertiary/aromatic N) is 2. The minimum Gasteiger partial charge on any atom is -0.454 e. The number of hydrogen-bond acceptors (Lipinski definition) is 5. The predicted octanol–water partition coefficient (Wildman–Crippen LogP) is 3.11. The van der Waals surface area contributed by atoms with Crippen LogP contribution in [0.4, 0.5) is 0 Å². The van der Waals surface area contributed by atoms with E-state index in [4.69, 9.17) is 9.47 Å². The van der Waals surface area contributed by atoms with Gasteiger partial charge in [0.05, 0.1) is 0 Å². The maximum atomic E-state index is 12.9. The molecule has 0 unspecified atom stereocenters. The Morgan fingerprint density at radius 3 is 2.67 bits per heavy atom. The second-order valence-corrected chi connectivity index (χ2v) is 7.09. The summed E-state index contributed by atoms with van der Waals surface area (Å²) in [6.45, 7) is 4.03. The Hall–Kier alpha value is -2.86. The van der Waals surface area contributed by atoms with Gasteiger partial charge in [0.25, 0.3) is 0 Å². The maximum absolute atomic E-state index is 12.9. The number of carbonyl (C=O) groups excluding carboxylic acids is 1. The summed E-state index contributed by atoms with van der Waals surface area (Å²) in [5.74, 6) is 1.21. The van der Waals surface area contributed by atoms with Gasteiger partial charge in [-0.05, 0) is 38.0 Å². The van der Waals surface area contributed by atoms with Crippen LogP contribution in [0, 0.1) is 6.92 Å². The summed E-state index contributed by atoms with van der Waals surface area (Å²) in [4.78, 5) is 12.9. The molecule has 4 rings (SSSR count). The molecule has 0 saturated heterocycles. The lowest BCUT2D eigenvalue weighted by molar-refractivity contribution is -0.157. The first kappa shape index (κ1) is 17.5. The highest BCUT2D eigenvalue weighted by Crippen LogP contribution is 2.36. The Bertz CT molecular complexity index is 907. The first-order valence-corrected chi connectivity index (χ1v) is 9.01. The molecule has 0 aromatic heterocycles. The van der Waals surface area contributed by atoms with Gasteiger partial charge in [0.1, 0.15) is 0 Å². The van der Waals surface area contributed by atoms with E-state index in [0.29, 0.717) is 24.2 Å². The SMILES string of the molecule is CC1=NN(C(=O)CCc2ccc3c(c2)OCO3)[C@](O)(c2ccc(C)cc2)C1. The Labute approximate surface area is 158 Å². The van der Waals surface area contributed by atoms with E-state index in [0.717, 1.165) is 22.6 Å². The monoisotopic (exact) mass is 366 g/mol. The minimum atomic E-state index is -1.43. The van der Waals surface area contributed by atoms with Crippen LogP contribution >= 0.6 is 0 Å². The third-order valence-electron chi connectivity index (χ3n) is 4.94. The summed E-state index contributed by atoms with van der Waals surface area (Å²) >= 11 is 0. The van der Waals surface area contributed by atoms with Crippen LogP contribution in [0.15, 0.2) is 47.6 Å². The molecule has 1 N–H and O–H groups in total. The van der Waals surface area contributed by atoms with Crippen molar-refractivity contribution in [3.8, 4) is 11.5 Å². The van der Waals surface area contributed by atoms with Crippen molar-refractivity contribution in [1.82, 2.24) is 5.01 Å². The number of benzene rings is 2. The topological polar surface area (TPSA) is 71.4 Å². The number of carbonyl (C=O) groups is 1. The van der Waals surface area contributed by atoms with Crippen LogP contribution in [0.2, 0.25) is 0 Å². The fraction of sp³-hybridized carbons (Fsp3) is 0.333. The third-order valence-corrected chi connectivity index (χ3v) is 4.94. The van der Waals surface area contributed by atoms with Gasteiger partial charge in [-0.25, -0.2) is 0 Å². The molecule has 2 aliphatic heterocycles. The number of aryl methyl sites for hydroxylation is 2. The number of amides is 1. The van der Waals surface area contributed by atoms with Crippen LogP contribution in [-0.4, -0.2) is 28.5 Å². The fourth-order valence-electron chi connectivity index (χ4n) is 3.48. The number of hydrazone groups is 1. The van der Waals surface area contributed by atoms with Gasteiger partial charge in [-0.15, -0.1) is 0 Å².